The van der Waals surface area contributed by atoms with E-state index in [1.807, 2.05) is 12.1 Å². The lowest BCUT2D eigenvalue weighted by molar-refractivity contribution is 0.626. The maximum atomic E-state index is 12.0. The first kappa shape index (κ1) is 15.2. The molecule has 1 aromatic heterocycles. The van der Waals surface area contributed by atoms with Crippen LogP contribution < -0.4 is 5.56 Å². The van der Waals surface area contributed by atoms with Gasteiger partial charge < -0.3 is 4.98 Å². The van der Waals surface area contributed by atoms with Gasteiger partial charge in [0.05, 0.1) is 9.26 Å². The van der Waals surface area contributed by atoms with Gasteiger partial charge in [-0.25, -0.2) is 4.98 Å². The first-order valence-corrected chi connectivity index (χ1v) is 7.87. The molecule has 0 aliphatic heterocycles. The second kappa shape index (κ2) is 6.52. The van der Waals surface area contributed by atoms with Crippen LogP contribution in [-0.2, 0) is 12.8 Å². The van der Waals surface area contributed by atoms with E-state index in [0.29, 0.717) is 15.9 Å². The molecule has 2 rings (SSSR count). The summed E-state index contributed by atoms with van der Waals surface area (Å²) < 4.78 is 0.713. The van der Waals surface area contributed by atoms with Crippen molar-refractivity contribution in [1.82, 2.24) is 9.97 Å². The number of nitrogens with zero attached hydrogens (tertiary/aromatic N) is 1. The van der Waals surface area contributed by atoms with Crippen molar-refractivity contribution in [1.29, 1.82) is 0 Å². The second-order valence-corrected chi connectivity index (χ2v) is 6.55. The molecule has 0 amide bonds. The van der Waals surface area contributed by atoms with Crippen LogP contribution in [-0.4, -0.2) is 9.97 Å². The van der Waals surface area contributed by atoms with Crippen LogP contribution in [0.1, 0.15) is 36.5 Å². The molecule has 20 heavy (non-hydrogen) atoms. The minimum absolute atomic E-state index is 0.0279. The lowest BCUT2D eigenvalue weighted by Crippen LogP contribution is -2.19. The Hall–Kier alpha value is -1.17. The monoisotopic (exact) mass is 382 g/mol. The molecule has 106 valence electrons. The average Bonchev–Trinajstić information content (AvgIpc) is 2.37. The van der Waals surface area contributed by atoms with Crippen molar-refractivity contribution in [3.63, 3.8) is 0 Å². The van der Waals surface area contributed by atoms with E-state index in [9.17, 15) is 4.79 Å². The van der Waals surface area contributed by atoms with E-state index in [2.05, 4.69) is 65.5 Å². The van der Waals surface area contributed by atoms with E-state index >= 15 is 0 Å². The van der Waals surface area contributed by atoms with Gasteiger partial charge in [0.1, 0.15) is 5.82 Å². The van der Waals surface area contributed by atoms with Crippen LogP contribution in [0.25, 0.3) is 0 Å². The molecule has 0 fully saturated rings. The summed E-state index contributed by atoms with van der Waals surface area (Å²) in [5.41, 5.74) is 3.30. The van der Waals surface area contributed by atoms with Gasteiger partial charge in [0.15, 0.2) is 0 Å². The molecule has 4 heteroatoms. The first-order valence-electron chi connectivity index (χ1n) is 6.79. The topological polar surface area (TPSA) is 45.8 Å². The lowest BCUT2D eigenvalue weighted by Gasteiger charge is -2.10. The van der Waals surface area contributed by atoms with E-state index < -0.39 is 0 Å². The van der Waals surface area contributed by atoms with Crippen molar-refractivity contribution in [2.24, 2.45) is 5.92 Å². The number of hydrogen-bond donors (Lipinski definition) is 1. The molecule has 3 nitrogen and oxygen atoms in total. The largest absolute Gasteiger partial charge is 0.309 e. The third-order valence-corrected chi connectivity index (χ3v) is 4.31. The van der Waals surface area contributed by atoms with Crippen LogP contribution in [0.5, 0.6) is 0 Å². The fraction of sp³-hybridized carbons (Fsp3) is 0.375. The average molecular weight is 382 g/mol. The van der Waals surface area contributed by atoms with Gasteiger partial charge in [-0.1, -0.05) is 38.1 Å². The second-order valence-electron chi connectivity index (χ2n) is 5.47. The molecule has 1 heterocycles. The van der Waals surface area contributed by atoms with Crippen molar-refractivity contribution in [3.05, 3.63) is 60.8 Å². The summed E-state index contributed by atoms with van der Waals surface area (Å²) in [5, 5.41) is 0. The molecule has 0 aliphatic rings. The molecule has 0 saturated heterocycles. The predicted molar refractivity (Wildman–Crippen MR) is 90.1 cm³/mol. The van der Waals surface area contributed by atoms with Crippen LogP contribution >= 0.6 is 22.6 Å². The number of hydrogen-bond acceptors (Lipinski definition) is 2. The van der Waals surface area contributed by atoms with Gasteiger partial charge in [-0.05, 0) is 53.0 Å². The summed E-state index contributed by atoms with van der Waals surface area (Å²) in [6.07, 6.45) is 1.51. The van der Waals surface area contributed by atoms with E-state index in [-0.39, 0.29) is 5.56 Å². The molecule has 0 unspecified atom stereocenters. The predicted octanol–water partition coefficient (Wildman–Crippen LogP) is 3.47. The fourth-order valence-corrected chi connectivity index (χ4v) is 2.63. The molecule has 0 bridgehead atoms. The van der Waals surface area contributed by atoms with Crippen LogP contribution in [0.3, 0.4) is 0 Å². The minimum Gasteiger partial charge on any atom is -0.309 e. The normalized spacial score (nSPS) is 11.1. The summed E-state index contributed by atoms with van der Waals surface area (Å²) in [7, 11) is 0. The molecule has 0 saturated carbocycles. The number of halogens is 1. The molecular weight excluding hydrogens is 363 g/mol. The molecule has 0 atom stereocenters. The minimum atomic E-state index is -0.0279. The molecule has 0 aliphatic carbocycles. The van der Waals surface area contributed by atoms with E-state index in [4.69, 9.17) is 0 Å². The van der Waals surface area contributed by atoms with Crippen molar-refractivity contribution >= 4 is 22.6 Å². The van der Waals surface area contributed by atoms with Crippen molar-refractivity contribution in [2.75, 3.05) is 0 Å². The zero-order valence-corrected chi connectivity index (χ0v) is 14.2. The molecule has 2 aromatic rings. The van der Waals surface area contributed by atoms with Crippen LogP contribution in [0.4, 0.5) is 0 Å². The zero-order chi connectivity index (χ0) is 14.7. The quantitative estimate of drug-likeness (QED) is 0.824. The van der Waals surface area contributed by atoms with Crippen molar-refractivity contribution in [2.45, 2.75) is 33.6 Å². The number of H-pyrrole nitrogens is 1. The maximum Gasteiger partial charge on any atom is 0.264 e. The van der Waals surface area contributed by atoms with Gasteiger partial charge in [-0.3, -0.25) is 4.79 Å². The Balaban J connectivity index is 2.36. The van der Waals surface area contributed by atoms with Gasteiger partial charge in [0.25, 0.3) is 5.56 Å². The van der Waals surface area contributed by atoms with Crippen LogP contribution in [0.15, 0.2) is 29.1 Å². The molecule has 0 spiro atoms. The lowest BCUT2D eigenvalue weighted by atomic mass is 10.1. The number of nitrogens with one attached hydrogen (secondary N) is 1. The summed E-state index contributed by atoms with van der Waals surface area (Å²) in [6, 6.07) is 8.19. The summed E-state index contributed by atoms with van der Waals surface area (Å²) >= 11 is 2.09. The Kier molecular flexibility index (Phi) is 4.96. The highest BCUT2D eigenvalue weighted by Crippen LogP contribution is 2.14. The SMILES string of the molecule is Cc1ccccc1Cc1nc(CC(C)C)c(I)c(=O)[nH]1. The Morgan fingerprint density at radius 3 is 2.65 bits per heavy atom. The van der Waals surface area contributed by atoms with E-state index in [1.54, 1.807) is 0 Å². The zero-order valence-electron chi connectivity index (χ0n) is 12.0. The number of benzene rings is 1. The van der Waals surface area contributed by atoms with E-state index in [0.717, 1.165) is 17.9 Å². The number of aromatic amines is 1. The Labute approximate surface area is 133 Å². The highest BCUT2D eigenvalue weighted by molar-refractivity contribution is 14.1. The molecular formula is C16H19IN2O. The number of aryl methyl sites for hydroxylation is 1. The van der Waals surface area contributed by atoms with E-state index in [1.165, 1.54) is 11.1 Å². The molecule has 0 radical (unpaired) electrons. The Morgan fingerprint density at radius 1 is 1.30 bits per heavy atom. The van der Waals surface area contributed by atoms with Gasteiger partial charge >= 0.3 is 0 Å². The number of aromatic nitrogens is 2. The third kappa shape index (κ3) is 3.69. The van der Waals surface area contributed by atoms with Crippen LogP contribution in [0, 0.1) is 16.4 Å². The smallest absolute Gasteiger partial charge is 0.264 e. The summed E-state index contributed by atoms with van der Waals surface area (Å²) in [5.74, 6) is 1.24. The highest BCUT2D eigenvalue weighted by Gasteiger charge is 2.11. The van der Waals surface area contributed by atoms with Gasteiger partial charge in [0, 0.05) is 6.42 Å². The highest BCUT2D eigenvalue weighted by atomic mass is 127. The van der Waals surface area contributed by atoms with Gasteiger partial charge in [0.2, 0.25) is 0 Å². The molecule has 1 aromatic carbocycles. The Bertz CT molecular complexity index is 662. The van der Waals surface area contributed by atoms with Gasteiger partial charge in [-0.15, -0.1) is 0 Å². The summed E-state index contributed by atoms with van der Waals surface area (Å²) in [4.78, 5) is 19.6. The molecule has 1 N–H and O–H groups in total. The van der Waals surface area contributed by atoms with Gasteiger partial charge in [-0.2, -0.15) is 0 Å². The first-order chi connectivity index (χ1) is 9.47. The third-order valence-electron chi connectivity index (χ3n) is 3.20. The number of rotatable bonds is 4. The Morgan fingerprint density at radius 2 is 2.00 bits per heavy atom. The van der Waals surface area contributed by atoms with Crippen LogP contribution in [0.2, 0.25) is 0 Å². The van der Waals surface area contributed by atoms with Crippen molar-refractivity contribution in [3.8, 4) is 0 Å². The fourth-order valence-electron chi connectivity index (χ4n) is 2.15. The van der Waals surface area contributed by atoms with Crippen molar-refractivity contribution < 1.29 is 0 Å². The summed E-state index contributed by atoms with van der Waals surface area (Å²) in [6.45, 7) is 6.36. The standard InChI is InChI=1S/C16H19IN2O/c1-10(2)8-13-15(17)16(20)19-14(18-13)9-12-7-5-4-6-11(12)3/h4-7,10H,8-9H2,1-3H3,(H,18,19,20). The maximum absolute atomic E-state index is 12.0.